The van der Waals surface area contributed by atoms with Crippen LogP contribution in [0.5, 0.6) is 5.75 Å². The van der Waals surface area contributed by atoms with Crippen LogP contribution in [-0.2, 0) is 0 Å². The summed E-state index contributed by atoms with van der Waals surface area (Å²) in [6, 6.07) is 18.4. The normalized spacial score (nSPS) is 22.2. The highest BCUT2D eigenvalue weighted by molar-refractivity contribution is 7.75. The molecule has 1 aliphatic rings. The predicted molar refractivity (Wildman–Crippen MR) is 101 cm³/mol. The predicted octanol–water partition coefficient (Wildman–Crippen LogP) is 4.88. The van der Waals surface area contributed by atoms with E-state index in [0.29, 0.717) is 5.75 Å². The summed E-state index contributed by atoms with van der Waals surface area (Å²) in [5, 5.41) is 12.8. The zero-order chi connectivity index (χ0) is 16.6. The van der Waals surface area contributed by atoms with Crippen molar-refractivity contribution < 1.29 is 5.11 Å². The molecule has 3 rings (SSSR count). The lowest BCUT2D eigenvalue weighted by atomic mass is 10.0. The van der Waals surface area contributed by atoms with Gasteiger partial charge in [0.2, 0.25) is 0 Å². The first kappa shape index (κ1) is 16.0. The van der Waals surface area contributed by atoms with Crippen LogP contribution < -0.4 is 10.6 Å². The van der Waals surface area contributed by atoms with E-state index in [1.165, 1.54) is 22.0 Å². The van der Waals surface area contributed by atoms with Crippen LogP contribution in [0.4, 0.5) is 0 Å². The Hall–Kier alpha value is -1.85. The minimum absolute atomic E-state index is 0.0658. The summed E-state index contributed by atoms with van der Waals surface area (Å²) in [7, 11) is -0.732. The molecule has 0 fully saturated rings. The number of hydrogen-bond donors (Lipinski definition) is 1. The Bertz CT molecular complexity index is 788. The fourth-order valence-corrected chi connectivity index (χ4v) is 6.58. The molecule has 0 saturated carbocycles. The number of rotatable bonds is 3. The fraction of sp³-hybridized carbons (Fsp3) is 0.238. The fourth-order valence-electron chi connectivity index (χ4n) is 3.43. The Morgan fingerprint density at radius 3 is 2.04 bits per heavy atom. The second kappa shape index (κ2) is 5.98. The van der Waals surface area contributed by atoms with Gasteiger partial charge in [-0.2, -0.15) is 0 Å². The first-order chi connectivity index (χ1) is 10.9. The van der Waals surface area contributed by atoms with Crippen molar-refractivity contribution in [1.29, 1.82) is 0 Å². The smallest absolute Gasteiger partial charge is 0.123 e. The lowest BCUT2D eigenvalue weighted by Gasteiger charge is -2.36. The molecule has 2 aromatic carbocycles. The third-order valence-electron chi connectivity index (χ3n) is 5.01. The number of benzene rings is 2. The van der Waals surface area contributed by atoms with Crippen LogP contribution in [0.3, 0.4) is 0 Å². The van der Waals surface area contributed by atoms with E-state index in [0.717, 1.165) is 5.30 Å². The molecule has 1 nitrogen and oxygen atoms in total. The molecule has 0 saturated heterocycles. The molecule has 2 unspecified atom stereocenters. The molecule has 0 amide bonds. The molecule has 118 valence electrons. The van der Waals surface area contributed by atoms with Crippen molar-refractivity contribution in [3.8, 4) is 5.75 Å². The van der Waals surface area contributed by atoms with Crippen molar-refractivity contribution in [3.05, 3.63) is 77.4 Å². The molecule has 1 aliphatic carbocycles. The number of phenolic OH excluding ortho intramolecular Hbond substituents is 1. The molecule has 23 heavy (non-hydrogen) atoms. The quantitative estimate of drug-likeness (QED) is 0.799. The van der Waals surface area contributed by atoms with E-state index in [-0.39, 0.29) is 5.16 Å². The van der Waals surface area contributed by atoms with Crippen LogP contribution in [0.25, 0.3) is 0 Å². The van der Waals surface area contributed by atoms with Crippen molar-refractivity contribution in [2.45, 2.75) is 32.9 Å². The van der Waals surface area contributed by atoms with E-state index in [1.807, 2.05) is 18.2 Å². The van der Waals surface area contributed by atoms with Crippen LogP contribution >= 0.6 is 7.92 Å². The summed E-state index contributed by atoms with van der Waals surface area (Å²) in [5.41, 5.74) is 4.14. The molecule has 0 bridgehead atoms. The Morgan fingerprint density at radius 1 is 0.870 bits per heavy atom. The second-order valence-corrected chi connectivity index (χ2v) is 8.98. The summed E-state index contributed by atoms with van der Waals surface area (Å²) in [6.45, 7) is 8.94. The molecule has 2 aromatic rings. The highest BCUT2D eigenvalue weighted by Crippen LogP contribution is 2.57. The molecular formula is C21H23OP. The first-order valence-electron chi connectivity index (χ1n) is 7.96. The van der Waals surface area contributed by atoms with E-state index in [4.69, 9.17) is 0 Å². The van der Waals surface area contributed by atoms with Gasteiger partial charge in [0.15, 0.2) is 0 Å². The van der Waals surface area contributed by atoms with E-state index >= 15 is 0 Å². The van der Waals surface area contributed by atoms with Crippen LogP contribution in [-0.4, -0.2) is 10.3 Å². The number of phenols is 1. The van der Waals surface area contributed by atoms with Gasteiger partial charge in [0.25, 0.3) is 0 Å². The van der Waals surface area contributed by atoms with Gasteiger partial charge in [-0.15, -0.1) is 0 Å². The molecule has 0 aromatic heterocycles. The van der Waals surface area contributed by atoms with Gasteiger partial charge in [0.1, 0.15) is 5.75 Å². The molecular weight excluding hydrogens is 299 g/mol. The van der Waals surface area contributed by atoms with Gasteiger partial charge in [0, 0.05) is 10.5 Å². The van der Waals surface area contributed by atoms with Gasteiger partial charge in [-0.1, -0.05) is 65.8 Å². The molecule has 0 aliphatic heterocycles. The van der Waals surface area contributed by atoms with Crippen molar-refractivity contribution >= 4 is 18.5 Å². The topological polar surface area (TPSA) is 20.2 Å². The summed E-state index contributed by atoms with van der Waals surface area (Å²) in [4.78, 5) is 0. The van der Waals surface area contributed by atoms with E-state index in [1.54, 1.807) is 6.07 Å². The van der Waals surface area contributed by atoms with Crippen LogP contribution in [0.2, 0.25) is 0 Å². The first-order valence-corrected chi connectivity index (χ1v) is 9.30. The van der Waals surface area contributed by atoms with E-state index < -0.39 is 7.92 Å². The van der Waals surface area contributed by atoms with Crippen LogP contribution in [0.15, 0.2) is 77.4 Å². The average molecular weight is 322 g/mol. The molecule has 0 heterocycles. The maximum absolute atomic E-state index is 10.5. The molecule has 2 heteroatoms. The largest absolute Gasteiger partial charge is 0.507 e. The zero-order valence-electron chi connectivity index (χ0n) is 14.2. The van der Waals surface area contributed by atoms with Gasteiger partial charge in [-0.25, -0.2) is 0 Å². The highest BCUT2D eigenvalue weighted by Gasteiger charge is 2.40. The maximum Gasteiger partial charge on any atom is 0.123 e. The summed E-state index contributed by atoms with van der Waals surface area (Å²) in [6.07, 6.45) is 2.39. The Morgan fingerprint density at radius 2 is 1.48 bits per heavy atom. The molecule has 0 radical (unpaired) electrons. The average Bonchev–Trinajstić information content (AvgIpc) is 2.74. The Balaban J connectivity index is 2.25. The standard InChI is InChI=1S/C21H23OP/c1-15-14-21(4,17(3)16(15)2)23(18-10-6-5-7-11-18)20-13-9-8-12-19(20)22/h5-14,22H,1-4H3. The molecule has 0 spiro atoms. The third-order valence-corrected chi connectivity index (χ3v) is 8.08. The minimum atomic E-state index is -0.732. The summed E-state index contributed by atoms with van der Waals surface area (Å²) < 4.78 is 0. The van der Waals surface area contributed by atoms with Crippen molar-refractivity contribution in [1.82, 2.24) is 0 Å². The minimum Gasteiger partial charge on any atom is -0.507 e. The third kappa shape index (κ3) is 2.64. The zero-order valence-corrected chi connectivity index (χ0v) is 15.1. The monoisotopic (exact) mass is 322 g/mol. The van der Waals surface area contributed by atoms with Gasteiger partial charge < -0.3 is 5.11 Å². The SMILES string of the molecule is CC1=CC(C)(P(c2ccccc2)c2ccccc2O)C(C)=C1C. The lowest BCUT2D eigenvalue weighted by molar-refractivity contribution is 0.479. The van der Waals surface area contributed by atoms with E-state index in [9.17, 15) is 5.11 Å². The summed E-state index contributed by atoms with van der Waals surface area (Å²) >= 11 is 0. The number of para-hydroxylation sites is 1. The Kier molecular flexibility index (Phi) is 4.17. The van der Waals surface area contributed by atoms with Crippen molar-refractivity contribution in [2.24, 2.45) is 0 Å². The van der Waals surface area contributed by atoms with Gasteiger partial charge in [-0.3, -0.25) is 0 Å². The maximum atomic E-state index is 10.5. The highest BCUT2D eigenvalue weighted by atomic mass is 31.1. The summed E-state index contributed by atoms with van der Waals surface area (Å²) in [5.74, 6) is 0.395. The van der Waals surface area contributed by atoms with Crippen LogP contribution in [0.1, 0.15) is 27.7 Å². The van der Waals surface area contributed by atoms with Crippen molar-refractivity contribution in [2.75, 3.05) is 0 Å². The van der Waals surface area contributed by atoms with Crippen molar-refractivity contribution in [3.63, 3.8) is 0 Å². The van der Waals surface area contributed by atoms with Crippen LogP contribution in [0, 0.1) is 0 Å². The molecule has 2 atom stereocenters. The molecule has 1 N–H and O–H groups in total. The van der Waals surface area contributed by atoms with Gasteiger partial charge in [-0.05, 0) is 52.6 Å². The number of hydrogen-bond acceptors (Lipinski definition) is 1. The van der Waals surface area contributed by atoms with Gasteiger partial charge >= 0.3 is 0 Å². The van der Waals surface area contributed by atoms with E-state index in [2.05, 4.69) is 64.1 Å². The number of aromatic hydroxyl groups is 1. The second-order valence-electron chi connectivity index (χ2n) is 6.38. The van der Waals surface area contributed by atoms with Gasteiger partial charge in [0.05, 0.1) is 0 Å². The number of allylic oxidation sites excluding steroid dienone is 4. The lowest BCUT2D eigenvalue weighted by Crippen LogP contribution is -2.30. The Labute approximate surface area is 140 Å².